The van der Waals surface area contributed by atoms with Crippen LogP contribution in [0.25, 0.3) is 10.8 Å². The quantitative estimate of drug-likeness (QED) is 0.787. The molecule has 3 heteroatoms. The maximum absolute atomic E-state index is 6.25. The first-order valence-corrected chi connectivity index (χ1v) is 7.31. The van der Waals surface area contributed by atoms with Crippen molar-refractivity contribution in [1.29, 1.82) is 0 Å². The van der Waals surface area contributed by atoms with Crippen molar-refractivity contribution in [2.24, 2.45) is 5.73 Å². The lowest BCUT2D eigenvalue weighted by molar-refractivity contribution is 0.665. The molecule has 0 aliphatic carbocycles. The molecule has 0 saturated carbocycles. The predicted molar refractivity (Wildman–Crippen MR) is 81.4 cm³/mol. The molecule has 0 amide bonds. The van der Waals surface area contributed by atoms with Crippen LogP contribution in [-0.2, 0) is 12.8 Å². The van der Waals surface area contributed by atoms with E-state index < -0.39 is 0 Å². The second kappa shape index (κ2) is 5.51. The topological polar surface area (TPSA) is 38.9 Å². The largest absolute Gasteiger partial charge is 0.327 e. The van der Waals surface area contributed by atoms with Gasteiger partial charge < -0.3 is 5.73 Å². The van der Waals surface area contributed by atoms with Crippen LogP contribution < -0.4 is 5.73 Å². The van der Waals surface area contributed by atoms with Crippen LogP contribution in [0.2, 0.25) is 0 Å². The molecule has 0 aliphatic heterocycles. The molecule has 2 N–H and O–H groups in total. The number of aromatic nitrogens is 1. The van der Waals surface area contributed by atoms with Gasteiger partial charge in [-0.3, -0.25) is 0 Å². The SMILES string of the molecule is NC(Cc1nccs1)Cc1cccc2ccccc12. The lowest BCUT2D eigenvalue weighted by Gasteiger charge is -2.12. The van der Waals surface area contributed by atoms with E-state index >= 15 is 0 Å². The highest BCUT2D eigenvalue weighted by Crippen LogP contribution is 2.20. The third-order valence-electron chi connectivity index (χ3n) is 3.28. The van der Waals surface area contributed by atoms with E-state index in [0.29, 0.717) is 0 Å². The predicted octanol–water partition coefficient (Wildman–Crippen LogP) is 3.41. The van der Waals surface area contributed by atoms with E-state index in [1.54, 1.807) is 11.3 Å². The molecule has 1 unspecified atom stereocenters. The van der Waals surface area contributed by atoms with E-state index in [2.05, 4.69) is 47.4 Å². The van der Waals surface area contributed by atoms with E-state index in [1.807, 2.05) is 11.6 Å². The van der Waals surface area contributed by atoms with E-state index in [4.69, 9.17) is 5.73 Å². The van der Waals surface area contributed by atoms with Gasteiger partial charge in [0.05, 0.1) is 5.01 Å². The van der Waals surface area contributed by atoms with Gasteiger partial charge in [0.15, 0.2) is 0 Å². The summed E-state index contributed by atoms with van der Waals surface area (Å²) in [6.45, 7) is 0. The summed E-state index contributed by atoms with van der Waals surface area (Å²) in [4.78, 5) is 4.30. The summed E-state index contributed by atoms with van der Waals surface area (Å²) in [5, 5.41) is 5.70. The zero-order valence-electron chi connectivity index (χ0n) is 10.6. The number of thiazole rings is 1. The summed E-state index contributed by atoms with van der Waals surface area (Å²) >= 11 is 1.67. The summed E-state index contributed by atoms with van der Waals surface area (Å²) in [5.74, 6) is 0. The number of rotatable bonds is 4. The Morgan fingerprint density at radius 3 is 2.74 bits per heavy atom. The fourth-order valence-electron chi connectivity index (χ4n) is 2.40. The highest BCUT2D eigenvalue weighted by molar-refractivity contribution is 7.09. The van der Waals surface area contributed by atoms with E-state index in [-0.39, 0.29) is 6.04 Å². The molecule has 2 nitrogen and oxygen atoms in total. The van der Waals surface area contributed by atoms with Crippen LogP contribution in [-0.4, -0.2) is 11.0 Å². The van der Waals surface area contributed by atoms with Gasteiger partial charge in [0, 0.05) is 24.0 Å². The minimum atomic E-state index is 0.122. The molecule has 1 atom stereocenters. The molecular formula is C16H16N2S. The van der Waals surface area contributed by atoms with Gasteiger partial charge in [0.25, 0.3) is 0 Å². The summed E-state index contributed by atoms with van der Waals surface area (Å²) < 4.78 is 0. The monoisotopic (exact) mass is 268 g/mol. The smallest absolute Gasteiger partial charge is 0.0940 e. The maximum Gasteiger partial charge on any atom is 0.0940 e. The number of fused-ring (bicyclic) bond motifs is 1. The van der Waals surface area contributed by atoms with E-state index in [0.717, 1.165) is 17.8 Å². The van der Waals surface area contributed by atoms with Gasteiger partial charge in [-0.25, -0.2) is 4.98 Å². The van der Waals surface area contributed by atoms with Gasteiger partial charge in [0.1, 0.15) is 0 Å². The second-order valence-electron chi connectivity index (χ2n) is 4.73. The van der Waals surface area contributed by atoms with Gasteiger partial charge >= 0.3 is 0 Å². The Balaban J connectivity index is 1.81. The average molecular weight is 268 g/mol. The van der Waals surface area contributed by atoms with Crippen molar-refractivity contribution in [2.75, 3.05) is 0 Å². The molecule has 0 bridgehead atoms. The lowest BCUT2D eigenvalue weighted by Crippen LogP contribution is -2.25. The first-order valence-electron chi connectivity index (χ1n) is 6.43. The number of hydrogen-bond acceptors (Lipinski definition) is 3. The molecule has 0 saturated heterocycles. The Bertz CT molecular complexity index is 656. The number of nitrogens with two attached hydrogens (primary N) is 1. The van der Waals surface area contributed by atoms with Crippen LogP contribution in [0.3, 0.4) is 0 Å². The van der Waals surface area contributed by atoms with Crippen molar-refractivity contribution < 1.29 is 0 Å². The van der Waals surface area contributed by atoms with Crippen molar-refractivity contribution in [2.45, 2.75) is 18.9 Å². The highest BCUT2D eigenvalue weighted by Gasteiger charge is 2.09. The molecule has 3 rings (SSSR count). The molecule has 2 aromatic carbocycles. The van der Waals surface area contributed by atoms with Crippen molar-refractivity contribution >= 4 is 22.1 Å². The lowest BCUT2D eigenvalue weighted by atomic mass is 9.98. The van der Waals surface area contributed by atoms with Crippen LogP contribution in [0.1, 0.15) is 10.6 Å². The Morgan fingerprint density at radius 1 is 1.05 bits per heavy atom. The van der Waals surface area contributed by atoms with Crippen molar-refractivity contribution in [3.05, 3.63) is 64.6 Å². The Labute approximate surface area is 116 Å². The normalized spacial score (nSPS) is 12.7. The fourth-order valence-corrected chi connectivity index (χ4v) is 3.11. The van der Waals surface area contributed by atoms with Crippen molar-refractivity contribution in [3.63, 3.8) is 0 Å². The maximum atomic E-state index is 6.25. The fraction of sp³-hybridized carbons (Fsp3) is 0.188. The van der Waals surface area contributed by atoms with Crippen molar-refractivity contribution in [1.82, 2.24) is 4.98 Å². The van der Waals surface area contributed by atoms with Gasteiger partial charge in [-0.05, 0) is 22.8 Å². The van der Waals surface area contributed by atoms with E-state index in [9.17, 15) is 0 Å². The minimum absolute atomic E-state index is 0.122. The minimum Gasteiger partial charge on any atom is -0.327 e. The van der Waals surface area contributed by atoms with E-state index in [1.165, 1.54) is 16.3 Å². The Kier molecular flexibility index (Phi) is 3.58. The summed E-state index contributed by atoms with van der Waals surface area (Å²) in [5.41, 5.74) is 7.58. The summed E-state index contributed by atoms with van der Waals surface area (Å²) in [6, 6.07) is 15.0. The first kappa shape index (κ1) is 12.3. The van der Waals surface area contributed by atoms with Gasteiger partial charge in [0.2, 0.25) is 0 Å². The zero-order chi connectivity index (χ0) is 13.1. The summed E-state index contributed by atoms with van der Waals surface area (Å²) in [6.07, 6.45) is 3.58. The molecule has 0 spiro atoms. The first-order chi connectivity index (χ1) is 9.33. The number of nitrogens with zero attached hydrogens (tertiary/aromatic N) is 1. The molecule has 0 fully saturated rings. The molecule has 1 aromatic heterocycles. The molecule has 96 valence electrons. The van der Waals surface area contributed by atoms with Gasteiger partial charge in [-0.2, -0.15) is 0 Å². The highest BCUT2D eigenvalue weighted by atomic mass is 32.1. The molecule has 19 heavy (non-hydrogen) atoms. The van der Waals surface area contributed by atoms with Crippen LogP contribution >= 0.6 is 11.3 Å². The van der Waals surface area contributed by atoms with Gasteiger partial charge in [-0.15, -0.1) is 11.3 Å². The molecular weight excluding hydrogens is 252 g/mol. The Morgan fingerprint density at radius 2 is 1.89 bits per heavy atom. The van der Waals surface area contributed by atoms with Crippen LogP contribution in [0, 0.1) is 0 Å². The van der Waals surface area contributed by atoms with Crippen LogP contribution in [0.15, 0.2) is 54.0 Å². The molecule has 3 aromatic rings. The molecule has 1 heterocycles. The molecule has 0 aliphatic rings. The van der Waals surface area contributed by atoms with Crippen molar-refractivity contribution in [3.8, 4) is 0 Å². The van der Waals surface area contributed by atoms with Gasteiger partial charge in [-0.1, -0.05) is 42.5 Å². The third-order valence-corrected chi connectivity index (χ3v) is 4.08. The second-order valence-corrected chi connectivity index (χ2v) is 5.71. The number of hydrogen-bond donors (Lipinski definition) is 1. The average Bonchev–Trinajstić information content (AvgIpc) is 2.92. The standard InChI is InChI=1S/C16H16N2S/c17-14(11-16-18-8-9-19-16)10-13-6-3-5-12-4-1-2-7-15(12)13/h1-9,14H,10-11,17H2. The van der Waals surface area contributed by atoms with Crippen LogP contribution in [0.4, 0.5) is 0 Å². The Hall–Kier alpha value is -1.71. The van der Waals surface area contributed by atoms with Crippen LogP contribution in [0.5, 0.6) is 0 Å². The zero-order valence-corrected chi connectivity index (χ0v) is 11.4. The number of benzene rings is 2. The third kappa shape index (κ3) is 2.83. The molecule has 0 radical (unpaired) electrons. The summed E-state index contributed by atoms with van der Waals surface area (Å²) in [7, 11) is 0.